The van der Waals surface area contributed by atoms with Gasteiger partial charge >= 0.3 is 0 Å². The molecule has 1 rings (SSSR count). The molecule has 0 spiro atoms. The average molecular weight is 127 g/mol. The highest BCUT2D eigenvalue weighted by Gasteiger charge is 2.30. The summed E-state index contributed by atoms with van der Waals surface area (Å²) in [6.45, 7) is 3.82. The van der Waals surface area contributed by atoms with Gasteiger partial charge < -0.3 is 10.4 Å². The quantitative estimate of drug-likeness (QED) is 0.415. The highest BCUT2D eigenvalue weighted by Crippen LogP contribution is 2.25. The van der Waals surface area contributed by atoms with Gasteiger partial charge in [0.2, 0.25) is 0 Å². The van der Waals surface area contributed by atoms with Crippen molar-refractivity contribution < 1.29 is 5.11 Å². The first-order valence-corrected chi connectivity index (χ1v) is 3.56. The zero-order valence-corrected chi connectivity index (χ0v) is 6.15. The summed E-state index contributed by atoms with van der Waals surface area (Å²) in [5.74, 6) is 0.395. The molecule has 1 aliphatic rings. The van der Waals surface area contributed by atoms with Crippen LogP contribution in [0.25, 0.3) is 0 Å². The fourth-order valence-electron chi connectivity index (χ4n) is 1.13. The zero-order valence-electron chi connectivity index (χ0n) is 6.15. The molecule has 0 aromatic rings. The van der Waals surface area contributed by atoms with E-state index in [4.69, 9.17) is 0 Å². The molecular weight excluding hydrogens is 113 g/mol. The van der Waals surface area contributed by atoms with Crippen LogP contribution in [0.5, 0.6) is 0 Å². The Hall–Kier alpha value is -0.0151. The molecule has 0 aromatic carbocycles. The maximum absolute atomic E-state index is 9.60. The average Bonchev–Trinajstić information content (AvgIpc) is 1.77. The first-order chi connectivity index (χ1) is 4.13. The summed E-state index contributed by atoms with van der Waals surface area (Å²) in [5, 5.41) is 12.8. The highest BCUT2D eigenvalue weighted by molar-refractivity contribution is 6.12. The second-order valence-electron chi connectivity index (χ2n) is 3.21. The summed E-state index contributed by atoms with van der Waals surface area (Å²) < 4.78 is 0. The van der Waals surface area contributed by atoms with Crippen molar-refractivity contribution in [1.29, 1.82) is 0 Å². The minimum Gasteiger partial charge on any atom is -0.391 e. The summed E-state index contributed by atoms with van der Waals surface area (Å²) in [7, 11) is 2.08. The van der Waals surface area contributed by atoms with Gasteiger partial charge in [0.25, 0.3) is 0 Å². The largest absolute Gasteiger partial charge is 0.391 e. The molecule has 0 radical (unpaired) electrons. The normalized spacial score (nSPS) is 44.9. The van der Waals surface area contributed by atoms with E-state index in [2.05, 4.69) is 13.2 Å². The molecule has 0 aromatic heterocycles. The topological polar surface area (TPSA) is 32.3 Å². The van der Waals surface area contributed by atoms with Crippen LogP contribution in [0.3, 0.4) is 0 Å². The maximum atomic E-state index is 9.60. The minimum atomic E-state index is -0.425. The van der Waals surface area contributed by atoms with Gasteiger partial charge in [0.15, 0.2) is 0 Å². The fraction of sp³-hybridized carbons (Fsp3) is 1.00. The van der Waals surface area contributed by atoms with Gasteiger partial charge in [-0.25, -0.2) is 0 Å². The van der Waals surface area contributed by atoms with Crippen molar-refractivity contribution in [2.75, 3.05) is 13.1 Å². The molecule has 2 unspecified atom stereocenters. The monoisotopic (exact) mass is 127 g/mol. The Morgan fingerprint density at radius 1 is 1.78 bits per heavy atom. The first-order valence-electron chi connectivity index (χ1n) is 3.56. The molecule has 52 valence electrons. The number of hydrogen-bond donors (Lipinski definition) is 2. The van der Waals surface area contributed by atoms with Crippen LogP contribution in [0.1, 0.15) is 13.3 Å². The van der Waals surface area contributed by atoms with E-state index in [1.807, 2.05) is 6.92 Å². The number of hydrogen-bond acceptors (Lipinski definition) is 2. The van der Waals surface area contributed by atoms with Crippen molar-refractivity contribution in [3.63, 3.8) is 0 Å². The van der Waals surface area contributed by atoms with Crippen molar-refractivity contribution in [2.45, 2.75) is 24.8 Å². The zero-order chi connectivity index (χ0) is 6.91. The molecule has 0 aliphatic carbocycles. The van der Waals surface area contributed by atoms with Gasteiger partial charge in [0, 0.05) is 0 Å². The Morgan fingerprint density at radius 2 is 2.44 bits per heavy atom. The van der Waals surface area contributed by atoms with Crippen molar-refractivity contribution >= 4 is 7.85 Å². The van der Waals surface area contributed by atoms with Crippen molar-refractivity contribution in [1.82, 2.24) is 5.32 Å². The molecule has 1 aliphatic heterocycles. The van der Waals surface area contributed by atoms with Crippen LogP contribution in [0.2, 0.25) is 5.82 Å². The summed E-state index contributed by atoms with van der Waals surface area (Å²) in [6.07, 6.45) is 0.883. The van der Waals surface area contributed by atoms with Gasteiger partial charge in [-0.1, -0.05) is 0 Å². The van der Waals surface area contributed by atoms with Crippen LogP contribution in [-0.2, 0) is 0 Å². The number of rotatable bonds is 0. The van der Waals surface area contributed by atoms with Crippen LogP contribution in [0.15, 0.2) is 0 Å². The van der Waals surface area contributed by atoms with Crippen molar-refractivity contribution in [2.24, 2.45) is 0 Å². The molecule has 9 heavy (non-hydrogen) atoms. The maximum Gasteiger partial charge on any atom is 0.110 e. The molecule has 0 bridgehead atoms. The first kappa shape index (κ1) is 7.10. The number of aliphatic hydroxyl groups is 1. The van der Waals surface area contributed by atoms with E-state index in [0.29, 0.717) is 5.82 Å². The van der Waals surface area contributed by atoms with E-state index < -0.39 is 5.60 Å². The van der Waals surface area contributed by atoms with Crippen LogP contribution in [0, 0.1) is 0 Å². The fourth-order valence-corrected chi connectivity index (χ4v) is 1.13. The molecule has 1 fully saturated rings. The third-order valence-electron chi connectivity index (χ3n) is 2.32. The molecule has 2 N–H and O–H groups in total. The Labute approximate surface area is 57.1 Å². The molecule has 1 heterocycles. The Balaban J connectivity index is 2.49. The SMILES string of the molecule is BC1CNCCC1(C)O. The van der Waals surface area contributed by atoms with Gasteiger partial charge in [-0.3, -0.25) is 0 Å². The van der Waals surface area contributed by atoms with Crippen LogP contribution < -0.4 is 5.32 Å². The standard InChI is InChI=1S/C6H14BNO/c1-6(9)2-3-8-4-5(6)7/h5,8-9H,2-4,7H2,1H3. The van der Waals surface area contributed by atoms with Gasteiger partial charge in [0.05, 0.1) is 5.60 Å². The predicted molar refractivity (Wildman–Crippen MR) is 40.4 cm³/mol. The lowest BCUT2D eigenvalue weighted by molar-refractivity contribution is 0.0302. The van der Waals surface area contributed by atoms with E-state index >= 15 is 0 Å². The number of nitrogens with one attached hydrogen (secondary N) is 1. The second-order valence-corrected chi connectivity index (χ2v) is 3.21. The lowest BCUT2D eigenvalue weighted by Gasteiger charge is -2.35. The number of piperidine rings is 1. The second kappa shape index (κ2) is 2.31. The van der Waals surface area contributed by atoms with E-state index in [9.17, 15) is 5.11 Å². The van der Waals surface area contributed by atoms with E-state index in [-0.39, 0.29) is 0 Å². The summed E-state index contributed by atoms with van der Waals surface area (Å²) in [6, 6.07) is 0. The Bertz CT molecular complexity index is 105. The summed E-state index contributed by atoms with van der Waals surface area (Å²) >= 11 is 0. The molecule has 2 atom stereocenters. The highest BCUT2D eigenvalue weighted by atomic mass is 16.3. The van der Waals surface area contributed by atoms with Gasteiger partial charge in [-0.15, -0.1) is 0 Å². The lowest BCUT2D eigenvalue weighted by atomic mass is 9.71. The van der Waals surface area contributed by atoms with Crippen molar-refractivity contribution in [3.8, 4) is 0 Å². The van der Waals surface area contributed by atoms with Crippen molar-refractivity contribution in [3.05, 3.63) is 0 Å². The lowest BCUT2D eigenvalue weighted by Crippen LogP contribution is -2.44. The minimum absolute atomic E-state index is 0.395. The van der Waals surface area contributed by atoms with Gasteiger partial charge in [0.1, 0.15) is 7.85 Å². The molecular formula is C6H14BNO. The molecule has 1 saturated heterocycles. The van der Waals surface area contributed by atoms with Crippen LogP contribution >= 0.6 is 0 Å². The molecule has 0 saturated carbocycles. The third kappa shape index (κ3) is 1.46. The predicted octanol–water partition coefficient (Wildman–Crippen LogP) is -0.848. The molecule has 0 amide bonds. The summed E-state index contributed by atoms with van der Waals surface area (Å²) in [4.78, 5) is 0. The van der Waals surface area contributed by atoms with E-state index in [1.165, 1.54) is 0 Å². The van der Waals surface area contributed by atoms with Gasteiger partial charge in [-0.2, -0.15) is 0 Å². The van der Waals surface area contributed by atoms with Gasteiger partial charge in [-0.05, 0) is 32.3 Å². The van der Waals surface area contributed by atoms with Crippen LogP contribution in [0.4, 0.5) is 0 Å². The van der Waals surface area contributed by atoms with Crippen LogP contribution in [-0.4, -0.2) is 31.6 Å². The smallest absolute Gasteiger partial charge is 0.110 e. The third-order valence-corrected chi connectivity index (χ3v) is 2.32. The Kier molecular flexibility index (Phi) is 1.82. The van der Waals surface area contributed by atoms with E-state index in [1.54, 1.807) is 0 Å². The summed E-state index contributed by atoms with van der Waals surface area (Å²) in [5.41, 5.74) is -0.425. The Morgan fingerprint density at radius 3 is 2.78 bits per heavy atom. The molecule has 3 heteroatoms. The molecule has 2 nitrogen and oxygen atoms in total. The van der Waals surface area contributed by atoms with E-state index in [0.717, 1.165) is 19.5 Å².